The summed E-state index contributed by atoms with van der Waals surface area (Å²) in [5.41, 5.74) is -0.381. The van der Waals surface area contributed by atoms with Gasteiger partial charge >= 0.3 is 5.97 Å². The van der Waals surface area contributed by atoms with Crippen molar-refractivity contribution < 1.29 is 11.0 Å². The van der Waals surface area contributed by atoms with E-state index in [1.54, 1.807) is 0 Å². The number of ether oxygens (including phenoxy) is 1. The van der Waals surface area contributed by atoms with Crippen molar-refractivity contribution in [3.63, 3.8) is 0 Å². The van der Waals surface area contributed by atoms with Gasteiger partial charge < -0.3 is 10.1 Å². The van der Waals surface area contributed by atoms with E-state index >= 15 is 0 Å². The zero-order chi connectivity index (χ0) is 10.9. The summed E-state index contributed by atoms with van der Waals surface area (Å²) in [6, 6.07) is 0.298. The lowest BCUT2D eigenvalue weighted by molar-refractivity contribution is -0.157. The Morgan fingerprint density at radius 3 is 2.36 bits per heavy atom. The first-order chi connectivity index (χ1) is 6.29. The highest BCUT2D eigenvalue weighted by atomic mass is 16.6. The fourth-order valence-corrected chi connectivity index (χ4v) is 1.66. The minimum Gasteiger partial charge on any atom is -0.459 e. The molecule has 0 saturated carbocycles. The number of rotatable bonds is 1. The molecule has 0 aromatic heterocycles. The van der Waals surface area contributed by atoms with Crippen molar-refractivity contribution in [1.29, 1.82) is 0 Å². The molecule has 1 saturated heterocycles. The number of hydrogen-bond acceptors (Lipinski definition) is 3. The lowest BCUT2D eigenvalue weighted by Crippen LogP contribution is -2.39. The predicted molar refractivity (Wildman–Crippen MR) is 58.1 cm³/mol. The SMILES string of the molecule is CC1CC(C(=O)OC(C)(C)C)N[C@@H]1C.[HH]. The molecule has 0 bridgehead atoms. The minimum atomic E-state index is -0.381. The van der Waals surface area contributed by atoms with Crippen molar-refractivity contribution in [3.05, 3.63) is 0 Å². The summed E-state index contributed by atoms with van der Waals surface area (Å²) >= 11 is 0. The Hall–Kier alpha value is -0.570. The lowest BCUT2D eigenvalue weighted by Gasteiger charge is -2.22. The third kappa shape index (κ3) is 2.98. The number of carbonyl (C=O) groups is 1. The fraction of sp³-hybridized carbons (Fsp3) is 0.909. The van der Waals surface area contributed by atoms with Crippen LogP contribution in [0.25, 0.3) is 0 Å². The van der Waals surface area contributed by atoms with Gasteiger partial charge in [0.15, 0.2) is 0 Å². The number of esters is 1. The monoisotopic (exact) mass is 201 g/mol. The van der Waals surface area contributed by atoms with Gasteiger partial charge in [-0.1, -0.05) is 6.92 Å². The molecule has 0 spiro atoms. The molecular formula is C11H23NO2. The van der Waals surface area contributed by atoms with Crippen LogP contribution in [0.5, 0.6) is 0 Å². The second-order valence-corrected chi connectivity index (χ2v) is 5.25. The first-order valence-electron chi connectivity index (χ1n) is 5.28. The topological polar surface area (TPSA) is 38.3 Å². The van der Waals surface area contributed by atoms with E-state index in [0.29, 0.717) is 12.0 Å². The average Bonchev–Trinajstić information content (AvgIpc) is 2.28. The molecule has 0 aliphatic carbocycles. The molecule has 84 valence electrons. The van der Waals surface area contributed by atoms with Gasteiger partial charge in [0.05, 0.1) is 0 Å². The first-order valence-corrected chi connectivity index (χ1v) is 5.28. The van der Waals surface area contributed by atoms with Gasteiger partial charge in [-0.15, -0.1) is 0 Å². The molecule has 3 nitrogen and oxygen atoms in total. The number of nitrogens with one attached hydrogen (secondary N) is 1. The summed E-state index contributed by atoms with van der Waals surface area (Å²) in [5.74, 6) is 0.432. The van der Waals surface area contributed by atoms with E-state index in [-0.39, 0.29) is 19.0 Å². The van der Waals surface area contributed by atoms with Crippen molar-refractivity contribution in [1.82, 2.24) is 5.32 Å². The molecule has 0 radical (unpaired) electrons. The highest BCUT2D eigenvalue weighted by Crippen LogP contribution is 2.21. The van der Waals surface area contributed by atoms with Gasteiger partial charge in [-0.3, -0.25) is 4.79 Å². The van der Waals surface area contributed by atoms with E-state index in [2.05, 4.69) is 19.2 Å². The molecule has 1 aliphatic rings. The second kappa shape index (κ2) is 3.89. The Labute approximate surface area is 87.7 Å². The van der Waals surface area contributed by atoms with Gasteiger partial charge in [-0.25, -0.2) is 0 Å². The molecule has 0 aromatic rings. The summed E-state index contributed by atoms with van der Waals surface area (Å²) in [7, 11) is 0. The van der Waals surface area contributed by atoms with Crippen LogP contribution in [0.15, 0.2) is 0 Å². The highest BCUT2D eigenvalue weighted by molar-refractivity contribution is 5.76. The largest absolute Gasteiger partial charge is 0.459 e. The van der Waals surface area contributed by atoms with Crippen molar-refractivity contribution >= 4 is 5.97 Å². The zero-order valence-corrected chi connectivity index (χ0v) is 9.76. The molecule has 1 fully saturated rings. The van der Waals surface area contributed by atoms with Crippen molar-refractivity contribution in [2.75, 3.05) is 0 Å². The van der Waals surface area contributed by atoms with Crippen LogP contribution in [0, 0.1) is 5.92 Å². The molecule has 0 aromatic carbocycles. The molecule has 1 aliphatic heterocycles. The smallest absolute Gasteiger partial charge is 0.323 e. The molecule has 0 amide bonds. The van der Waals surface area contributed by atoms with Crippen molar-refractivity contribution in [2.45, 2.75) is 58.7 Å². The maximum atomic E-state index is 11.7. The first kappa shape index (κ1) is 11.5. The third-order valence-corrected chi connectivity index (χ3v) is 2.62. The van der Waals surface area contributed by atoms with Crippen LogP contribution in [-0.2, 0) is 9.53 Å². The minimum absolute atomic E-state index is 0. The average molecular weight is 201 g/mol. The van der Waals surface area contributed by atoms with Crippen LogP contribution < -0.4 is 5.32 Å². The van der Waals surface area contributed by atoms with Crippen molar-refractivity contribution in [2.24, 2.45) is 5.92 Å². The Bertz CT molecular complexity index is 215. The zero-order valence-electron chi connectivity index (χ0n) is 9.76. The summed E-state index contributed by atoms with van der Waals surface area (Å²) in [6.07, 6.45) is 0.885. The lowest BCUT2D eigenvalue weighted by atomic mass is 10.0. The molecule has 1 rings (SSSR count). The van der Waals surface area contributed by atoms with Gasteiger partial charge in [0, 0.05) is 7.47 Å². The van der Waals surface area contributed by atoms with Crippen molar-refractivity contribution in [3.8, 4) is 0 Å². The number of carbonyl (C=O) groups excluding carboxylic acids is 1. The Morgan fingerprint density at radius 2 is 2.00 bits per heavy atom. The molecular weight excluding hydrogens is 178 g/mol. The van der Waals surface area contributed by atoms with E-state index in [9.17, 15) is 4.79 Å². The normalized spacial score (nSPS) is 33.1. The van der Waals surface area contributed by atoms with E-state index in [0.717, 1.165) is 6.42 Å². The standard InChI is InChI=1S/C11H21NO2.H2/c1-7-6-9(12-8(7)2)10(13)14-11(3,4)5;/h7-9,12H,6H2,1-5H3;1H/t7?,8-,9?;/m1./s1. The van der Waals surface area contributed by atoms with E-state index < -0.39 is 0 Å². The van der Waals surface area contributed by atoms with E-state index in [1.807, 2.05) is 20.8 Å². The third-order valence-electron chi connectivity index (χ3n) is 2.62. The maximum absolute atomic E-state index is 11.7. The van der Waals surface area contributed by atoms with Crippen LogP contribution in [-0.4, -0.2) is 23.7 Å². The second-order valence-electron chi connectivity index (χ2n) is 5.25. The Morgan fingerprint density at radius 1 is 1.43 bits per heavy atom. The van der Waals surface area contributed by atoms with Gasteiger partial charge in [-0.05, 0) is 40.0 Å². The molecule has 14 heavy (non-hydrogen) atoms. The summed E-state index contributed by atoms with van der Waals surface area (Å²) in [4.78, 5) is 11.7. The summed E-state index contributed by atoms with van der Waals surface area (Å²) in [5, 5.41) is 3.25. The van der Waals surface area contributed by atoms with Crippen LogP contribution in [0.1, 0.15) is 42.5 Å². The molecule has 1 N–H and O–H groups in total. The van der Waals surface area contributed by atoms with Gasteiger partial charge in [0.25, 0.3) is 0 Å². The fourth-order valence-electron chi connectivity index (χ4n) is 1.66. The summed E-state index contributed by atoms with van der Waals surface area (Å²) < 4.78 is 5.32. The van der Waals surface area contributed by atoms with E-state index in [4.69, 9.17) is 4.74 Å². The van der Waals surface area contributed by atoms with E-state index in [1.165, 1.54) is 0 Å². The van der Waals surface area contributed by atoms with Gasteiger partial charge in [0.2, 0.25) is 0 Å². The maximum Gasteiger partial charge on any atom is 0.323 e. The Kier molecular flexibility index (Phi) is 3.20. The quantitative estimate of drug-likeness (QED) is 0.659. The molecule has 3 heteroatoms. The Balaban J connectivity index is 0.00000196. The van der Waals surface area contributed by atoms with Crippen LogP contribution in [0.3, 0.4) is 0 Å². The van der Waals surface area contributed by atoms with Gasteiger partial charge in [0.1, 0.15) is 11.6 Å². The van der Waals surface area contributed by atoms with Crippen LogP contribution in [0.4, 0.5) is 0 Å². The van der Waals surface area contributed by atoms with Crippen LogP contribution in [0.2, 0.25) is 0 Å². The molecule has 1 heterocycles. The van der Waals surface area contributed by atoms with Gasteiger partial charge in [-0.2, -0.15) is 0 Å². The highest BCUT2D eigenvalue weighted by Gasteiger charge is 2.34. The van der Waals surface area contributed by atoms with Crippen LogP contribution >= 0.6 is 0 Å². The summed E-state index contributed by atoms with van der Waals surface area (Å²) in [6.45, 7) is 9.95. The molecule has 3 atom stereocenters. The predicted octanol–water partition coefficient (Wildman–Crippen LogP) is 1.96. The number of hydrogen-bond donors (Lipinski definition) is 1. The molecule has 2 unspecified atom stereocenters.